The maximum Gasteiger partial charge on any atom is 0.264 e. The van der Waals surface area contributed by atoms with Gasteiger partial charge in [-0.3, -0.25) is 9.59 Å². The van der Waals surface area contributed by atoms with Crippen LogP contribution >= 0.6 is 0 Å². The van der Waals surface area contributed by atoms with Crippen molar-refractivity contribution in [2.24, 2.45) is 0 Å². The summed E-state index contributed by atoms with van der Waals surface area (Å²) in [6.45, 7) is 1.88. The van der Waals surface area contributed by atoms with Gasteiger partial charge in [0.1, 0.15) is 17.3 Å². The number of hydrogen-bond donors (Lipinski definition) is 2. The minimum atomic E-state index is -0.314. The van der Waals surface area contributed by atoms with E-state index in [9.17, 15) is 9.59 Å². The van der Waals surface area contributed by atoms with Crippen LogP contribution < -0.4 is 20.3 Å². The molecule has 1 aliphatic rings. The number of rotatable bonds is 4. The molecule has 0 spiro atoms. The number of nitrogens with one attached hydrogen (secondary N) is 2. The van der Waals surface area contributed by atoms with Gasteiger partial charge in [0.15, 0.2) is 5.82 Å². The fourth-order valence-electron chi connectivity index (χ4n) is 3.54. The first-order chi connectivity index (χ1) is 13.5. The van der Waals surface area contributed by atoms with Crippen LogP contribution in [0.3, 0.4) is 0 Å². The van der Waals surface area contributed by atoms with Gasteiger partial charge in [-0.15, -0.1) is 0 Å². The van der Waals surface area contributed by atoms with Gasteiger partial charge in [-0.05, 0) is 19.1 Å². The van der Waals surface area contributed by atoms with Crippen LogP contribution in [0.1, 0.15) is 29.2 Å². The van der Waals surface area contributed by atoms with Crippen molar-refractivity contribution in [2.45, 2.75) is 19.3 Å². The van der Waals surface area contributed by atoms with Gasteiger partial charge in [0.2, 0.25) is 5.91 Å². The third-order valence-electron chi connectivity index (χ3n) is 4.80. The summed E-state index contributed by atoms with van der Waals surface area (Å²) in [4.78, 5) is 23.8. The summed E-state index contributed by atoms with van der Waals surface area (Å²) >= 11 is 0. The Kier molecular flexibility index (Phi) is 4.34. The predicted octanol–water partition coefficient (Wildman–Crippen LogP) is 1.76. The van der Waals surface area contributed by atoms with E-state index < -0.39 is 0 Å². The van der Waals surface area contributed by atoms with E-state index in [1.54, 1.807) is 26.4 Å². The molecule has 0 bridgehead atoms. The largest absolute Gasteiger partial charge is 0.497 e. The van der Waals surface area contributed by atoms with Gasteiger partial charge in [-0.25, -0.2) is 5.10 Å². The van der Waals surface area contributed by atoms with E-state index in [0.717, 1.165) is 16.8 Å². The Morgan fingerprint density at radius 1 is 1.14 bits per heavy atom. The Balaban J connectivity index is 1.88. The van der Waals surface area contributed by atoms with E-state index in [0.29, 0.717) is 23.1 Å². The fourth-order valence-corrected chi connectivity index (χ4v) is 3.54. The lowest BCUT2D eigenvalue weighted by Crippen LogP contribution is -2.25. The molecule has 0 saturated carbocycles. The Hall–Kier alpha value is -3.62. The van der Waals surface area contributed by atoms with Crippen LogP contribution in [0.2, 0.25) is 0 Å². The molecule has 3 aromatic rings. The van der Waals surface area contributed by atoms with Gasteiger partial charge in [-0.1, -0.05) is 6.07 Å². The van der Waals surface area contributed by atoms with Gasteiger partial charge in [-0.2, -0.15) is 14.9 Å². The summed E-state index contributed by atoms with van der Waals surface area (Å²) in [6.07, 6.45) is 0.265. The highest BCUT2D eigenvalue weighted by Gasteiger charge is 2.34. The van der Waals surface area contributed by atoms with Crippen LogP contribution in [0.4, 0.5) is 5.82 Å². The Morgan fingerprint density at radius 3 is 2.64 bits per heavy atom. The summed E-state index contributed by atoms with van der Waals surface area (Å²) in [5, 5.41) is 13.8. The molecule has 0 unspecified atom stereocenters. The number of anilines is 1. The van der Waals surface area contributed by atoms with Gasteiger partial charge in [0.05, 0.1) is 19.9 Å². The smallest absolute Gasteiger partial charge is 0.264 e. The van der Waals surface area contributed by atoms with Crippen LogP contribution in [0.15, 0.2) is 35.1 Å². The molecule has 0 aliphatic carbocycles. The van der Waals surface area contributed by atoms with E-state index in [1.807, 2.05) is 19.1 Å². The first-order valence-electron chi connectivity index (χ1n) is 8.69. The summed E-state index contributed by atoms with van der Waals surface area (Å²) in [6, 6.07) is 8.45. The molecule has 2 N–H and O–H groups in total. The third kappa shape index (κ3) is 2.90. The number of aromatic nitrogens is 4. The zero-order valence-electron chi connectivity index (χ0n) is 15.6. The number of methoxy groups -OCH3 is 2. The van der Waals surface area contributed by atoms with Crippen LogP contribution in [0.5, 0.6) is 11.5 Å². The number of ether oxygens (including phenoxy) is 2. The fraction of sp³-hybridized carbons (Fsp3) is 0.263. The molecule has 4 rings (SSSR count). The molecule has 3 heterocycles. The lowest BCUT2D eigenvalue weighted by Gasteiger charge is -2.25. The first-order valence-corrected chi connectivity index (χ1v) is 8.69. The number of carbonyl (C=O) groups is 1. The molecular formula is C19H19N5O4. The summed E-state index contributed by atoms with van der Waals surface area (Å²) < 4.78 is 12.3. The number of amides is 1. The van der Waals surface area contributed by atoms with Gasteiger partial charge >= 0.3 is 0 Å². The van der Waals surface area contributed by atoms with E-state index >= 15 is 0 Å². The Bertz CT molecular complexity index is 1100. The van der Waals surface area contributed by atoms with Crippen LogP contribution in [-0.4, -0.2) is 40.1 Å². The molecule has 28 heavy (non-hydrogen) atoms. The molecule has 1 aromatic carbocycles. The third-order valence-corrected chi connectivity index (χ3v) is 4.80. The molecule has 0 radical (unpaired) electrons. The molecule has 144 valence electrons. The van der Waals surface area contributed by atoms with E-state index in [2.05, 4.69) is 20.6 Å². The van der Waals surface area contributed by atoms with Gasteiger partial charge in [0, 0.05) is 35.6 Å². The normalized spacial score (nSPS) is 15.7. The second kappa shape index (κ2) is 6.84. The van der Waals surface area contributed by atoms with Crippen molar-refractivity contribution in [2.75, 3.05) is 19.5 Å². The van der Waals surface area contributed by atoms with Gasteiger partial charge in [0.25, 0.3) is 5.56 Å². The lowest BCUT2D eigenvalue weighted by molar-refractivity contribution is -0.116. The molecule has 0 fully saturated rings. The number of carbonyl (C=O) groups excluding carboxylic acids is 1. The minimum Gasteiger partial charge on any atom is -0.497 e. The number of aromatic amines is 1. The van der Waals surface area contributed by atoms with Crippen LogP contribution in [-0.2, 0) is 4.79 Å². The maximum atomic E-state index is 12.5. The number of hydrogen-bond acceptors (Lipinski definition) is 6. The highest BCUT2D eigenvalue weighted by atomic mass is 16.5. The second-order valence-corrected chi connectivity index (χ2v) is 6.45. The summed E-state index contributed by atoms with van der Waals surface area (Å²) in [5.41, 5.74) is 2.20. The number of benzene rings is 1. The standard InChI is InChI=1S/C19H19N5O4/c1-10-18-13(12-5-4-11(27-2)8-14(12)28-3)9-17(26)20-19(18)24(23-10)15-6-7-16(25)22-21-15/h4-8,13H,9H2,1-3H3,(H,20,26)(H,22,25)/t13-/m0/s1. The van der Waals surface area contributed by atoms with E-state index in [1.165, 1.54) is 10.7 Å². The first kappa shape index (κ1) is 17.8. The highest BCUT2D eigenvalue weighted by Crippen LogP contribution is 2.43. The average molecular weight is 381 g/mol. The quantitative estimate of drug-likeness (QED) is 0.712. The zero-order chi connectivity index (χ0) is 19.8. The van der Waals surface area contributed by atoms with Crippen molar-refractivity contribution in [3.05, 3.63) is 57.5 Å². The molecule has 1 aliphatic heterocycles. The molecule has 9 heteroatoms. The van der Waals surface area contributed by atoms with Crippen molar-refractivity contribution in [1.29, 1.82) is 0 Å². The van der Waals surface area contributed by atoms with Crippen LogP contribution in [0, 0.1) is 6.92 Å². The maximum absolute atomic E-state index is 12.5. The van der Waals surface area contributed by atoms with Crippen molar-refractivity contribution < 1.29 is 14.3 Å². The van der Waals surface area contributed by atoms with Crippen molar-refractivity contribution in [3.8, 4) is 17.3 Å². The van der Waals surface area contributed by atoms with Gasteiger partial charge < -0.3 is 14.8 Å². The van der Waals surface area contributed by atoms with Crippen molar-refractivity contribution >= 4 is 11.7 Å². The molecule has 0 saturated heterocycles. The second-order valence-electron chi connectivity index (χ2n) is 6.45. The number of aryl methyl sites for hydroxylation is 1. The number of fused-ring (bicyclic) bond motifs is 1. The minimum absolute atomic E-state index is 0.138. The SMILES string of the molecule is COc1ccc([C@@H]2CC(=O)Nc3c2c(C)nn3-c2ccc(=O)[nH]n2)c(OC)c1. The average Bonchev–Trinajstić information content (AvgIpc) is 3.03. The van der Waals surface area contributed by atoms with Crippen molar-refractivity contribution in [1.82, 2.24) is 20.0 Å². The van der Waals surface area contributed by atoms with E-state index in [-0.39, 0.29) is 23.8 Å². The highest BCUT2D eigenvalue weighted by molar-refractivity contribution is 5.95. The Labute approximate surface area is 160 Å². The monoisotopic (exact) mass is 381 g/mol. The molecule has 2 aromatic heterocycles. The van der Waals surface area contributed by atoms with E-state index in [4.69, 9.17) is 9.47 Å². The molecular weight excluding hydrogens is 362 g/mol. The summed E-state index contributed by atoms with van der Waals surface area (Å²) in [5.74, 6) is 1.88. The lowest BCUT2D eigenvalue weighted by atomic mass is 9.85. The topological polar surface area (TPSA) is 111 Å². The predicted molar refractivity (Wildman–Crippen MR) is 101 cm³/mol. The molecule has 1 atom stereocenters. The Morgan fingerprint density at radius 2 is 1.96 bits per heavy atom. The summed E-state index contributed by atoms with van der Waals surface area (Å²) in [7, 11) is 3.18. The van der Waals surface area contributed by atoms with Crippen molar-refractivity contribution in [3.63, 3.8) is 0 Å². The number of H-pyrrole nitrogens is 1. The zero-order valence-corrected chi connectivity index (χ0v) is 15.6. The molecule has 9 nitrogen and oxygen atoms in total. The van der Waals surface area contributed by atoms with Crippen LogP contribution in [0.25, 0.3) is 5.82 Å². The molecule has 1 amide bonds. The number of nitrogens with zero attached hydrogens (tertiary/aromatic N) is 3.